The Bertz CT molecular complexity index is 1010. The van der Waals surface area contributed by atoms with E-state index in [1.807, 2.05) is 59.3 Å². The monoisotopic (exact) mass is 339 g/mol. The van der Waals surface area contributed by atoms with Crippen LogP contribution in [0.5, 0.6) is 0 Å². The molecule has 0 bridgehead atoms. The number of rotatable bonds is 2. The highest BCUT2D eigenvalue weighted by atomic mass is 35.5. The molecule has 0 saturated heterocycles. The Hall–Kier alpha value is -2.36. The van der Waals surface area contributed by atoms with Gasteiger partial charge in [-0.25, -0.2) is 4.98 Å². The number of pyridine rings is 2. The molecule has 0 saturated carbocycles. The average molecular weight is 340 g/mol. The lowest BCUT2D eigenvalue weighted by Crippen LogP contribution is -1.92. The van der Waals surface area contributed by atoms with Gasteiger partial charge in [-0.2, -0.15) is 0 Å². The minimum Gasteiger partial charge on any atom is -0.306 e. The molecule has 0 fully saturated rings. The van der Waals surface area contributed by atoms with Crippen LogP contribution in [0.2, 0.25) is 10.0 Å². The standard InChI is InChI=1S/C18H11Cl2N3/c19-13-4-1-3-12(9-13)18-14(5-2-6-22-18)15-11-23-8-7-21-17(23)10-16(15)20/h1-11H. The summed E-state index contributed by atoms with van der Waals surface area (Å²) in [5, 5.41) is 1.32. The summed E-state index contributed by atoms with van der Waals surface area (Å²) in [7, 11) is 0. The van der Waals surface area contributed by atoms with Crippen LogP contribution in [0.1, 0.15) is 0 Å². The quantitative estimate of drug-likeness (QED) is 0.491. The fraction of sp³-hybridized carbons (Fsp3) is 0. The summed E-state index contributed by atoms with van der Waals surface area (Å²) in [5.74, 6) is 0. The zero-order valence-electron chi connectivity index (χ0n) is 11.9. The molecule has 0 spiro atoms. The Morgan fingerprint density at radius 2 is 1.78 bits per heavy atom. The number of hydrogen-bond acceptors (Lipinski definition) is 2. The third kappa shape index (κ3) is 2.58. The van der Waals surface area contributed by atoms with Crippen molar-refractivity contribution in [3.8, 4) is 22.4 Å². The smallest absolute Gasteiger partial charge is 0.138 e. The third-order valence-corrected chi connectivity index (χ3v) is 4.22. The van der Waals surface area contributed by atoms with Gasteiger partial charge in [-0.1, -0.05) is 41.4 Å². The molecule has 5 heteroatoms. The Morgan fingerprint density at radius 3 is 2.65 bits per heavy atom. The van der Waals surface area contributed by atoms with Crippen molar-refractivity contribution >= 4 is 28.8 Å². The Morgan fingerprint density at radius 1 is 0.870 bits per heavy atom. The molecule has 0 unspecified atom stereocenters. The Labute approximate surface area is 143 Å². The van der Waals surface area contributed by atoms with Gasteiger partial charge in [-0.15, -0.1) is 0 Å². The number of imidazole rings is 1. The van der Waals surface area contributed by atoms with Gasteiger partial charge in [0.2, 0.25) is 0 Å². The van der Waals surface area contributed by atoms with Crippen molar-refractivity contribution < 1.29 is 0 Å². The van der Waals surface area contributed by atoms with Gasteiger partial charge < -0.3 is 4.40 Å². The topological polar surface area (TPSA) is 30.2 Å². The van der Waals surface area contributed by atoms with Gasteiger partial charge in [0, 0.05) is 52.6 Å². The molecule has 4 aromatic rings. The minimum atomic E-state index is 0.639. The van der Waals surface area contributed by atoms with E-state index in [0.29, 0.717) is 10.0 Å². The molecule has 4 rings (SSSR count). The largest absolute Gasteiger partial charge is 0.306 e. The van der Waals surface area contributed by atoms with Crippen LogP contribution in [-0.2, 0) is 0 Å². The number of aromatic nitrogens is 3. The predicted molar refractivity (Wildman–Crippen MR) is 93.9 cm³/mol. The molecule has 1 aromatic carbocycles. The lowest BCUT2D eigenvalue weighted by atomic mass is 10.0. The zero-order valence-corrected chi connectivity index (χ0v) is 13.5. The van der Waals surface area contributed by atoms with Crippen LogP contribution in [0.4, 0.5) is 0 Å². The number of halogens is 2. The molecule has 0 atom stereocenters. The summed E-state index contributed by atoms with van der Waals surface area (Å²) in [6, 6.07) is 13.4. The summed E-state index contributed by atoms with van der Waals surface area (Å²) in [6.07, 6.45) is 7.38. The Balaban J connectivity index is 1.96. The molecular formula is C18H11Cl2N3. The van der Waals surface area contributed by atoms with Gasteiger partial charge in [0.1, 0.15) is 5.65 Å². The lowest BCUT2D eigenvalue weighted by Gasteiger charge is -2.11. The van der Waals surface area contributed by atoms with E-state index >= 15 is 0 Å². The molecule has 3 nitrogen and oxygen atoms in total. The summed E-state index contributed by atoms with van der Waals surface area (Å²) in [6.45, 7) is 0. The fourth-order valence-electron chi connectivity index (χ4n) is 2.62. The van der Waals surface area contributed by atoms with Crippen LogP contribution < -0.4 is 0 Å². The number of benzene rings is 1. The van der Waals surface area contributed by atoms with Gasteiger partial charge in [-0.3, -0.25) is 4.98 Å². The SMILES string of the molecule is Clc1cccc(-c2ncccc2-c2cn3ccnc3cc2Cl)c1. The first-order valence-corrected chi connectivity index (χ1v) is 7.81. The maximum Gasteiger partial charge on any atom is 0.138 e. The van der Waals surface area contributed by atoms with Gasteiger partial charge in [0.05, 0.1) is 10.7 Å². The van der Waals surface area contributed by atoms with E-state index in [0.717, 1.165) is 28.0 Å². The normalized spacial score (nSPS) is 11.0. The molecule has 0 aliphatic rings. The molecule has 0 radical (unpaired) electrons. The summed E-state index contributed by atoms with van der Waals surface area (Å²) >= 11 is 12.6. The van der Waals surface area contributed by atoms with E-state index in [1.54, 1.807) is 12.4 Å². The number of hydrogen-bond donors (Lipinski definition) is 0. The second-order valence-electron chi connectivity index (χ2n) is 5.14. The van der Waals surface area contributed by atoms with Crippen molar-refractivity contribution in [2.45, 2.75) is 0 Å². The minimum absolute atomic E-state index is 0.639. The van der Waals surface area contributed by atoms with Crippen LogP contribution >= 0.6 is 23.2 Å². The zero-order chi connectivity index (χ0) is 15.8. The molecule has 0 aliphatic carbocycles. The van der Waals surface area contributed by atoms with E-state index in [1.165, 1.54) is 0 Å². The van der Waals surface area contributed by atoms with E-state index in [9.17, 15) is 0 Å². The lowest BCUT2D eigenvalue weighted by molar-refractivity contribution is 1.19. The highest BCUT2D eigenvalue weighted by Crippen LogP contribution is 2.35. The molecule has 0 amide bonds. The van der Waals surface area contributed by atoms with Crippen LogP contribution in [0.3, 0.4) is 0 Å². The van der Waals surface area contributed by atoms with E-state index in [4.69, 9.17) is 23.2 Å². The van der Waals surface area contributed by atoms with Crippen LogP contribution in [-0.4, -0.2) is 14.4 Å². The predicted octanol–water partition coefficient (Wildman–Crippen LogP) is 5.37. The number of fused-ring (bicyclic) bond motifs is 1. The van der Waals surface area contributed by atoms with Gasteiger partial charge >= 0.3 is 0 Å². The van der Waals surface area contributed by atoms with E-state index in [-0.39, 0.29) is 0 Å². The average Bonchev–Trinajstić information content (AvgIpc) is 3.01. The first-order chi connectivity index (χ1) is 11.2. The maximum absolute atomic E-state index is 6.48. The first kappa shape index (κ1) is 14.2. The molecule has 0 aliphatic heterocycles. The summed E-state index contributed by atoms with van der Waals surface area (Å²) < 4.78 is 1.94. The molecular weight excluding hydrogens is 329 g/mol. The van der Waals surface area contributed by atoms with Crippen molar-refractivity contribution in [2.24, 2.45) is 0 Å². The fourth-order valence-corrected chi connectivity index (χ4v) is 3.06. The second kappa shape index (κ2) is 5.69. The van der Waals surface area contributed by atoms with Gasteiger partial charge in [0.25, 0.3) is 0 Å². The van der Waals surface area contributed by atoms with Gasteiger partial charge in [-0.05, 0) is 18.2 Å². The van der Waals surface area contributed by atoms with Crippen LogP contribution in [0.25, 0.3) is 28.0 Å². The molecule has 3 aromatic heterocycles. The maximum atomic E-state index is 6.48. The highest BCUT2D eigenvalue weighted by Gasteiger charge is 2.13. The summed E-state index contributed by atoms with van der Waals surface area (Å²) in [5.41, 5.74) is 4.47. The van der Waals surface area contributed by atoms with Crippen molar-refractivity contribution in [1.82, 2.24) is 14.4 Å². The molecule has 3 heterocycles. The van der Waals surface area contributed by atoms with Crippen molar-refractivity contribution in [1.29, 1.82) is 0 Å². The Kier molecular flexibility index (Phi) is 3.52. The van der Waals surface area contributed by atoms with Gasteiger partial charge in [0.15, 0.2) is 0 Å². The van der Waals surface area contributed by atoms with Crippen molar-refractivity contribution in [3.63, 3.8) is 0 Å². The van der Waals surface area contributed by atoms with Crippen molar-refractivity contribution in [3.05, 3.63) is 77.3 Å². The van der Waals surface area contributed by atoms with E-state index in [2.05, 4.69) is 9.97 Å². The third-order valence-electron chi connectivity index (χ3n) is 3.68. The number of nitrogens with zero attached hydrogens (tertiary/aromatic N) is 3. The molecule has 0 N–H and O–H groups in total. The van der Waals surface area contributed by atoms with Crippen LogP contribution in [0.15, 0.2) is 67.3 Å². The summed E-state index contributed by atoms with van der Waals surface area (Å²) in [4.78, 5) is 8.79. The van der Waals surface area contributed by atoms with Crippen molar-refractivity contribution in [2.75, 3.05) is 0 Å². The van der Waals surface area contributed by atoms with E-state index < -0.39 is 0 Å². The van der Waals surface area contributed by atoms with Crippen LogP contribution in [0, 0.1) is 0 Å². The highest BCUT2D eigenvalue weighted by molar-refractivity contribution is 6.33. The molecule has 112 valence electrons. The first-order valence-electron chi connectivity index (χ1n) is 7.06. The molecule has 23 heavy (non-hydrogen) atoms. The second-order valence-corrected chi connectivity index (χ2v) is 5.98.